The van der Waals surface area contributed by atoms with Gasteiger partial charge in [-0.15, -0.1) is 11.3 Å². The summed E-state index contributed by atoms with van der Waals surface area (Å²) in [7, 11) is 0. The minimum absolute atomic E-state index is 0.264. The van der Waals surface area contributed by atoms with Crippen molar-refractivity contribution in [1.29, 1.82) is 0 Å². The van der Waals surface area contributed by atoms with Gasteiger partial charge < -0.3 is 9.32 Å². The molecule has 1 aliphatic heterocycles. The van der Waals surface area contributed by atoms with Crippen molar-refractivity contribution in [3.63, 3.8) is 0 Å². The van der Waals surface area contributed by atoms with Crippen LogP contribution in [0.2, 0.25) is 0 Å². The highest BCUT2D eigenvalue weighted by molar-refractivity contribution is 7.18. The molecule has 23 heavy (non-hydrogen) atoms. The van der Waals surface area contributed by atoms with Crippen molar-refractivity contribution in [3.05, 3.63) is 53.5 Å². The largest absolute Gasteiger partial charge is 0.423 e. The Hall–Kier alpha value is -2.40. The molecule has 5 rings (SSSR count). The van der Waals surface area contributed by atoms with Gasteiger partial charge in [0.2, 0.25) is 0 Å². The number of oxazole rings is 1. The molecule has 0 spiro atoms. The number of benzene rings is 2. The zero-order chi connectivity index (χ0) is 15.2. The number of rotatable bonds is 2. The average Bonchev–Trinajstić information content (AvgIpc) is 3.30. The van der Waals surface area contributed by atoms with Crippen molar-refractivity contribution in [1.82, 2.24) is 9.97 Å². The molecule has 1 unspecified atom stereocenters. The first-order valence-electron chi connectivity index (χ1n) is 7.86. The molecule has 4 aromatic rings. The van der Waals surface area contributed by atoms with E-state index in [0.717, 1.165) is 41.0 Å². The highest BCUT2D eigenvalue weighted by atomic mass is 32.1. The van der Waals surface area contributed by atoms with Crippen molar-refractivity contribution in [2.45, 2.75) is 18.9 Å². The summed E-state index contributed by atoms with van der Waals surface area (Å²) in [6, 6.07) is 17.2. The topological polar surface area (TPSA) is 42.2 Å². The smallest absolute Gasteiger partial charge is 0.298 e. The third-order valence-corrected chi connectivity index (χ3v) is 5.51. The lowest BCUT2D eigenvalue weighted by molar-refractivity contribution is 0.556. The summed E-state index contributed by atoms with van der Waals surface area (Å²) in [5, 5.41) is 1.16. The molecule has 0 amide bonds. The first-order chi connectivity index (χ1) is 11.4. The molecule has 1 saturated heterocycles. The highest BCUT2D eigenvalue weighted by Gasteiger charge is 2.31. The second-order valence-electron chi connectivity index (χ2n) is 5.84. The molecule has 0 saturated carbocycles. The Kier molecular flexibility index (Phi) is 2.88. The van der Waals surface area contributed by atoms with E-state index in [1.165, 1.54) is 4.70 Å². The average molecular weight is 321 g/mol. The van der Waals surface area contributed by atoms with Crippen molar-refractivity contribution in [3.8, 4) is 0 Å². The highest BCUT2D eigenvalue weighted by Crippen LogP contribution is 2.39. The SMILES string of the molecule is c1ccc2oc(N3CCCC3c3nc4ccccc4s3)nc2c1. The summed E-state index contributed by atoms with van der Waals surface area (Å²) < 4.78 is 7.21. The predicted octanol–water partition coefficient (Wildman–Crippen LogP) is 4.78. The molecule has 0 bridgehead atoms. The molecule has 1 fully saturated rings. The molecule has 3 heterocycles. The second-order valence-corrected chi connectivity index (χ2v) is 6.90. The standard InChI is InChI=1S/C18H15N3OS/c1-3-9-15-12(6-1)20-18(22-15)21-11-5-8-14(21)17-19-13-7-2-4-10-16(13)23-17/h1-4,6-7,9-10,14H,5,8,11H2. The van der Waals surface area contributed by atoms with Crippen molar-refractivity contribution in [2.24, 2.45) is 0 Å². The van der Waals surface area contributed by atoms with E-state index in [-0.39, 0.29) is 6.04 Å². The molecular weight excluding hydrogens is 306 g/mol. The summed E-state index contributed by atoms with van der Waals surface area (Å²) in [4.78, 5) is 11.8. The minimum Gasteiger partial charge on any atom is -0.423 e. The van der Waals surface area contributed by atoms with Crippen LogP contribution in [0.15, 0.2) is 52.9 Å². The van der Waals surface area contributed by atoms with Crippen LogP contribution in [0.5, 0.6) is 0 Å². The van der Waals surface area contributed by atoms with Crippen LogP contribution < -0.4 is 4.90 Å². The third-order valence-electron chi connectivity index (χ3n) is 4.38. The molecule has 0 radical (unpaired) electrons. The van der Waals surface area contributed by atoms with Gasteiger partial charge in [-0.1, -0.05) is 24.3 Å². The van der Waals surface area contributed by atoms with E-state index in [0.29, 0.717) is 6.01 Å². The van der Waals surface area contributed by atoms with Gasteiger partial charge in [-0.05, 0) is 37.1 Å². The van der Waals surface area contributed by atoms with Crippen LogP contribution in [0, 0.1) is 0 Å². The van der Waals surface area contributed by atoms with Crippen LogP contribution in [-0.2, 0) is 0 Å². The number of hydrogen-bond acceptors (Lipinski definition) is 5. The van der Waals surface area contributed by atoms with Gasteiger partial charge >= 0.3 is 0 Å². The molecule has 1 aliphatic rings. The molecule has 2 aromatic heterocycles. The van der Waals surface area contributed by atoms with Crippen molar-refractivity contribution >= 4 is 38.7 Å². The van der Waals surface area contributed by atoms with Gasteiger partial charge in [0.05, 0.1) is 16.3 Å². The first kappa shape index (κ1) is 13.1. The summed E-state index contributed by atoms with van der Waals surface area (Å²) in [5.74, 6) is 0. The lowest BCUT2D eigenvalue weighted by Crippen LogP contribution is -2.22. The van der Waals surface area contributed by atoms with Gasteiger partial charge in [0, 0.05) is 6.54 Å². The molecule has 1 atom stereocenters. The molecular formula is C18H15N3OS. The van der Waals surface area contributed by atoms with Gasteiger partial charge in [0.1, 0.15) is 10.5 Å². The summed E-state index contributed by atoms with van der Waals surface area (Å²) in [6.07, 6.45) is 2.23. The molecule has 5 heteroatoms. The maximum atomic E-state index is 5.97. The van der Waals surface area contributed by atoms with Crippen molar-refractivity contribution in [2.75, 3.05) is 11.4 Å². The molecule has 114 valence electrons. The minimum atomic E-state index is 0.264. The van der Waals surface area contributed by atoms with Crippen LogP contribution in [0.3, 0.4) is 0 Å². The van der Waals surface area contributed by atoms with Crippen LogP contribution in [-0.4, -0.2) is 16.5 Å². The van der Waals surface area contributed by atoms with E-state index >= 15 is 0 Å². The monoisotopic (exact) mass is 321 g/mol. The summed E-state index contributed by atoms with van der Waals surface area (Å²) in [6.45, 7) is 0.966. The van der Waals surface area contributed by atoms with Gasteiger partial charge in [0.15, 0.2) is 5.58 Å². The Bertz CT molecular complexity index is 844. The van der Waals surface area contributed by atoms with E-state index in [1.807, 2.05) is 30.3 Å². The van der Waals surface area contributed by atoms with E-state index in [2.05, 4.69) is 28.1 Å². The fourth-order valence-electron chi connectivity index (χ4n) is 3.27. The maximum Gasteiger partial charge on any atom is 0.298 e. The Morgan fingerprint density at radius 1 is 1.00 bits per heavy atom. The zero-order valence-corrected chi connectivity index (χ0v) is 13.3. The lowest BCUT2D eigenvalue weighted by atomic mass is 10.2. The quantitative estimate of drug-likeness (QED) is 0.533. The number of fused-ring (bicyclic) bond motifs is 2. The predicted molar refractivity (Wildman–Crippen MR) is 93.0 cm³/mol. The van der Waals surface area contributed by atoms with E-state index in [4.69, 9.17) is 9.40 Å². The van der Waals surface area contributed by atoms with Crippen LogP contribution in [0.1, 0.15) is 23.9 Å². The van der Waals surface area contributed by atoms with E-state index in [9.17, 15) is 0 Å². The second kappa shape index (κ2) is 5.06. The Morgan fingerprint density at radius 2 is 1.83 bits per heavy atom. The Morgan fingerprint density at radius 3 is 2.70 bits per heavy atom. The maximum absolute atomic E-state index is 5.97. The van der Waals surface area contributed by atoms with Crippen LogP contribution in [0.25, 0.3) is 21.3 Å². The summed E-state index contributed by atoms with van der Waals surface area (Å²) >= 11 is 1.78. The number of thiazole rings is 1. The zero-order valence-electron chi connectivity index (χ0n) is 12.5. The molecule has 0 N–H and O–H groups in total. The molecule has 0 aliphatic carbocycles. The van der Waals surface area contributed by atoms with Crippen LogP contribution in [0.4, 0.5) is 6.01 Å². The number of aromatic nitrogens is 2. The number of anilines is 1. The van der Waals surface area contributed by atoms with Crippen LogP contribution >= 0.6 is 11.3 Å². The Labute approximate surface area is 137 Å². The number of para-hydroxylation sites is 3. The van der Waals surface area contributed by atoms with E-state index < -0.39 is 0 Å². The van der Waals surface area contributed by atoms with E-state index in [1.54, 1.807) is 11.3 Å². The van der Waals surface area contributed by atoms with Gasteiger partial charge in [0.25, 0.3) is 6.01 Å². The lowest BCUT2D eigenvalue weighted by Gasteiger charge is -2.20. The number of hydrogen-bond donors (Lipinski definition) is 0. The molecule has 4 nitrogen and oxygen atoms in total. The summed E-state index contributed by atoms with van der Waals surface area (Å²) in [5.41, 5.74) is 2.84. The fraction of sp³-hybridized carbons (Fsp3) is 0.222. The normalized spacial score (nSPS) is 18.3. The fourth-order valence-corrected chi connectivity index (χ4v) is 4.38. The Balaban J connectivity index is 1.56. The number of nitrogens with zero attached hydrogens (tertiary/aromatic N) is 3. The van der Waals surface area contributed by atoms with Gasteiger partial charge in [-0.2, -0.15) is 4.98 Å². The van der Waals surface area contributed by atoms with Gasteiger partial charge in [-0.25, -0.2) is 4.98 Å². The molecule has 2 aromatic carbocycles. The van der Waals surface area contributed by atoms with Gasteiger partial charge in [-0.3, -0.25) is 0 Å². The first-order valence-corrected chi connectivity index (χ1v) is 8.68. The van der Waals surface area contributed by atoms with Crippen molar-refractivity contribution < 1.29 is 4.42 Å². The third kappa shape index (κ3) is 2.11.